The van der Waals surface area contributed by atoms with E-state index in [4.69, 9.17) is 4.74 Å². The Morgan fingerprint density at radius 2 is 2.27 bits per heavy atom. The minimum absolute atomic E-state index is 0.00166. The Balaban J connectivity index is 1.64. The van der Waals surface area contributed by atoms with Crippen LogP contribution >= 0.6 is 0 Å². The number of ether oxygens (including phenoxy) is 1. The second-order valence-electron chi connectivity index (χ2n) is 5.59. The fourth-order valence-corrected chi connectivity index (χ4v) is 2.84. The number of benzene rings is 1. The van der Waals surface area contributed by atoms with Gasteiger partial charge in [-0.1, -0.05) is 24.3 Å². The van der Waals surface area contributed by atoms with E-state index in [1.807, 2.05) is 12.1 Å². The number of hydrogen-bond donors (Lipinski definition) is 0. The van der Waals surface area contributed by atoms with E-state index in [0.717, 1.165) is 19.3 Å². The molecule has 0 fully saturated rings. The average molecular weight is 300 g/mol. The zero-order valence-electron chi connectivity index (χ0n) is 12.9. The summed E-state index contributed by atoms with van der Waals surface area (Å²) in [6.07, 6.45) is 4.70. The Hall–Kier alpha value is -2.21. The van der Waals surface area contributed by atoms with E-state index in [9.17, 15) is 4.79 Å². The maximum atomic E-state index is 12.3. The monoisotopic (exact) mass is 300 g/mol. The molecule has 116 valence electrons. The molecule has 1 aromatic heterocycles. The van der Waals surface area contributed by atoms with Crippen LogP contribution in [0.1, 0.15) is 30.1 Å². The first-order chi connectivity index (χ1) is 10.7. The van der Waals surface area contributed by atoms with Crippen LogP contribution in [-0.2, 0) is 23.0 Å². The summed E-state index contributed by atoms with van der Waals surface area (Å²) in [6, 6.07) is 8.30. The van der Waals surface area contributed by atoms with E-state index >= 15 is 0 Å². The van der Waals surface area contributed by atoms with E-state index < -0.39 is 0 Å². The summed E-state index contributed by atoms with van der Waals surface area (Å²) in [6.45, 7) is 0.0440. The minimum atomic E-state index is -0.126. The summed E-state index contributed by atoms with van der Waals surface area (Å²) in [4.78, 5) is 13.7. The summed E-state index contributed by atoms with van der Waals surface area (Å²) in [5.41, 5.74) is 2.54. The van der Waals surface area contributed by atoms with Gasteiger partial charge in [0.2, 0.25) is 5.95 Å². The number of carbonyl (C=O) groups excluding carboxylic acids is 1. The van der Waals surface area contributed by atoms with Crippen LogP contribution in [-0.4, -0.2) is 34.3 Å². The van der Waals surface area contributed by atoms with E-state index in [1.54, 1.807) is 25.0 Å². The first-order valence-electron chi connectivity index (χ1n) is 7.47. The molecule has 1 heterocycles. The Bertz CT molecular complexity index is 668. The molecule has 0 saturated heterocycles. The van der Waals surface area contributed by atoms with Crippen molar-refractivity contribution in [1.82, 2.24) is 14.8 Å². The molecule has 1 atom stereocenters. The molecular formula is C16H20N4O2. The quantitative estimate of drug-likeness (QED) is 0.865. The molecule has 1 amide bonds. The second kappa shape index (κ2) is 6.27. The van der Waals surface area contributed by atoms with Crippen molar-refractivity contribution < 1.29 is 9.53 Å². The Morgan fingerprint density at radius 1 is 1.45 bits per heavy atom. The van der Waals surface area contributed by atoms with E-state index in [1.165, 1.54) is 16.0 Å². The molecule has 6 heteroatoms. The van der Waals surface area contributed by atoms with Crippen molar-refractivity contribution in [3.63, 3.8) is 0 Å². The normalized spacial score (nSPS) is 17.1. The van der Waals surface area contributed by atoms with Crippen molar-refractivity contribution in [2.45, 2.75) is 25.4 Å². The van der Waals surface area contributed by atoms with Crippen LogP contribution in [0.25, 0.3) is 0 Å². The molecule has 0 saturated carbocycles. The first kappa shape index (κ1) is 14.7. The van der Waals surface area contributed by atoms with Crippen LogP contribution in [0.4, 0.5) is 5.95 Å². The Labute approximate surface area is 129 Å². The first-order valence-corrected chi connectivity index (χ1v) is 7.47. The van der Waals surface area contributed by atoms with Crippen molar-refractivity contribution in [3.8, 4) is 0 Å². The smallest absolute Gasteiger partial charge is 0.255 e. The minimum Gasteiger partial charge on any atom is -0.364 e. The third kappa shape index (κ3) is 2.87. The summed E-state index contributed by atoms with van der Waals surface area (Å²) >= 11 is 0. The number of carbonyl (C=O) groups is 1. The molecule has 0 bridgehead atoms. The zero-order valence-corrected chi connectivity index (χ0v) is 12.9. The van der Waals surface area contributed by atoms with Crippen molar-refractivity contribution >= 4 is 11.9 Å². The van der Waals surface area contributed by atoms with E-state index in [2.05, 4.69) is 22.3 Å². The molecule has 0 radical (unpaired) electrons. The van der Waals surface area contributed by atoms with Gasteiger partial charge in [-0.3, -0.25) is 9.69 Å². The van der Waals surface area contributed by atoms with Crippen molar-refractivity contribution in [2.75, 3.05) is 18.6 Å². The van der Waals surface area contributed by atoms with Gasteiger partial charge in [-0.25, -0.2) is 0 Å². The van der Waals surface area contributed by atoms with Crippen LogP contribution in [0.15, 0.2) is 30.6 Å². The number of aromatic nitrogens is 3. The number of hydrogen-bond acceptors (Lipinski definition) is 4. The van der Waals surface area contributed by atoms with Gasteiger partial charge in [0.1, 0.15) is 12.9 Å². The summed E-state index contributed by atoms with van der Waals surface area (Å²) in [5.74, 6) is 0.386. The third-order valence-electron chi connectivity index (χ3n) is 4.08. The molecular weight excluding hydrogens is 280 g/mol. The maximum absolute atomic E-state index is 12.3. The fourth-order valence-electron chi connectivity index (χ4n) is 2.84. The lowest BCUT2D eigenvalue weighted by Gasteiger charge is -2.26. The summed E-state index contributed by atoms with van der Waals surface area (Å²) in [7, 11) is 3.49. The molecule has 3 rings (SSSR count). The lowest BCUT2D eigenvalue weighted by atomic mass is 9.89. The van der Waals surface area contributed by atoms with Gasteiger partial charge in [-0.15, -0.1) is 10.2 Å². The SMILES string of the molecule is CN(C(=O)CO[C@H]1CCCc2ccccc21)c1nncn1C. The van der Waals surface area contributed by atoms with Crippen LogP contribution in [0, 0.1) is 0 Å². The molecule has 22 heavy (non-hydrogen) atoms. The molecule has 6 nitrogen and oxygen atoms in total. The predicted molar refractivity (Wildman–Crippen MR) is 82.5 cm³/mol. The van der Waals surface area contributed by atoms with Gasteiger partial charge < -0.3 is 9.30 Å². The maximum Gasteiger partial charge on any atom is 0.255 e. The van der Waals surface area contributed by atoms with Gasteiger partial charge in [-0.2, -0.15) is 0 Å². The largest absolute Gasteiger partial charge is 0.364 e. The van der Waals surface area contributed by atoms with Crippen LogP contribution in [0.5, 0.6) is 0 Å². The summed E-state index contributed by atoms with van der Waals surface area (Å²) in [5, 5.41) is 7.71. The Morgan fingerprint density at radius 3 is 3.05 bits per heavy atom. The number of amides is 1. The number of fused-ring (bicyclic) bond motifs is 1. The van der Waals surface area contributed by atoms with E-state index in [0.29, 0.717) is 5.95 Å². The predicted octanol–water partition coefficient (Wildman–Crippen LogP) is 1.87. The molecule has 0 spiro atoms. The molecule has 0 N–H and O–H groups in total. The molecule has 1 aliphatic carbocycles. The lowest BCUT2D eigenvalue weighted by molar-refractivity contribution is -0.125. The van der Waals surface area contributed by atoms with Crippen molar-refractivity contribution in [3.05, 3.63) is 41.7 Å². The van der Waals surface area contributed by atoms with Gasteiger partial charge in [0.15, 0.2) is 0 Å². The molecule has 0 unspecified atom stereocenters. The Kier molecular flexibility index (Phi) is 4.20. The van der Waals surface area contributed by atoms with Gasteiger partial charge in [-0.05, 0) is 30.4 Å². The van der Waals surface area contributed by atoms with E-state index in [-0.39, 0.29) is 18.6 Å². The highest BCUT2D eigenvalue weighted by atomic mass is 16.5. The van der Waals surface area contributed by atoms with Crippen molar-refractivity contribution in [1.29, 1.82) is 0 Å². The molecule has 1 aliphatic rings. The number of nitrogens with zero attached hydrogens (tertiary/aromatic N) is 4. The molecule has 2 aromatic rings. The van der Waals surface area contributed by atoms with Crippen molar-refractivity contribution in [2.24, 2.45) is 7.05 Å². The highest BCUT2D eigenvalue weighted by Crippen LogP contribution is 2.32. The van der Waals surface area contributed by atoms with Crippen LogP contribution in [0.2, 0.25) is 0 Å². The third-order valence-corrected chi connectivity index (χ3v) is 4.08. The number of anilines is 1. The highest BCUT2D eigenvalue weighted by molar-refractivity contribution is 5.92. The zero-order chi connectivity index (χ0) is 15.5. The highest BCUT2D eigenvalue weighted by Gasteiger charge is 2.23. The lowest BCUT2D eigenvalue weighted by Crippen LogP contribution is -2.33. The molecule has 1 aromatic carbocycles. The number of rotatable bonds is 4. The van der Waals surface area contributed by atoms with Gasteiger partial charge >= 0.3 is 0 Å². The fraction of sp³-hybridized carbons (Fsp3) is 0.438. The molecule has 0 aliphatic heterocycles. The topological polar surface area (TPSA) is 60.3 Å². The van der Waals surface area contributed by atoms with Gasteiger partial charge in [0.25, 0.3) is 5.91 Å². The number of aryl methyl sites for hydroxylation is 2. The number of likely N-dealkylation sites (N-methyl/N-ethyl adjacent to an activating group) is 1. The standard InChI is InChI=1S/C16H20N4O2/c1-19-11-17-18-16(19)20(2)15(21)10-22-14-9-5-7-12-6-3-4-8-13(12)14/h3-4,6,8,11,14H,5,7,9-10H2,1-2H3/t14-/m0/s1. The average Bonchev–Trinajstić information content (AvgIpc) is 2.97. The second-order valence-corrected chi connectivity index (χ2v) is 5.59. The van der Waals surface area contributed by atoms with Crippen LogP contribution < -0.4 is 4.90 Å². The van der Waals surface area contributed by atoms with Gasteiger partial charge in [0, 0.05) is 14.1 Å². The van der Waals surface area contributed by atoms with Gasteiger partial charge in [0.05, 0.1) is 6.10 Å². The van der Waals surface area contributed by atoms with Crippen LogP contribution in [0.3, 0.4) is 0 Å². The summed E-state index contributed by atoms with van der Waals surface area (Å²) < 4.78 is 7.58.